The van der Waals surface area contributed by atoms with Gasteiger partial charge in [-0.05, 0) is 49.4 Å². The first-order valence-electron chi connectivity index (χ1n) is 10.4. The van der Waals surface area contributed by atoms with Crippen molar-refractivity contribution in [2.75, 3.05) is 12.3 Å². The number of esters is 1. The van der Waals surface area contributed by atoms with E-state index < -0.39 is 23.9 Å². The van der Waals surface area contributed by atoms with E-state index in [1.165, 1.54) is 0 Å². The number of carboxylic acids is 1. The Labute approximate surface area is 188 Å². The van der Waals surface area contributed by atoms with E-state index in [1.807, 2.05) is 0 Å². The lowest BCUT2D eigenvalue weighted by molar-refractivity contribution is -0.146. The minimum Gasteiger partial charge on any atom is -0.481 e. The number of aryl methyl sites for hydroxylation is 2. The van der Waals surface area contributed by atoms with Crippen molar-refractivity contribution < 1.29 is 24.2 Å². The van der Waals surface area contributed by atoms with Gasteiger partial charge < -0.3 is 25.9 Å². The van der Waals surface area contributed by atoms with Crippen LogP contribution in [0.15, 0.2) is 35.3 Å². The molecular formula is C22H25N5O6. The van der Waals surface area contributed by atoms with Crippen LogP contribution in [0.2, 0.25) is 0 Å². The number of aromatic nitrogens is 3. The van der Waals surface area contributed by atoms with E-state index in [2.05, 4.69) is 20.3 Å². The number of nitrogens with two attached hydrogens (primary N) is 1. The summed E-state index contributed by atoms with van der Waals surface area (Å²) in [6, 6.07) is 5.75. The molecule has 0 aliphatic rings. The van der Waals surface area contributed by atoms with Crippen molar-refractivity contribution in [2.45, 2.75) is 38.6 Å². The number of aromatic amines is 2. The van der Waals surface area contributed by atoms with Crippen LogP contribution in [0.1, 0.15) is 41.3 Å². The molecule has 3 aromatic rings. The Kier molecular flexibility index (Phi) is 7.44. The number of hydrogen-bond acceptors (Lipinski definition) is 7. The summed E-state index contributed by atoms with van der Waals surface area (Å²) in [4.78, 5) is 57.1. The fourth-order valence-corrected chi connectivity index (χ4v) is 3.42. The van der Waals surface area contributed by atoms with E-state index in [0.717, 1.165) is 11.1 Å². The van der Waals surface area contributed by atoms with Crippen molar-refractivity contribution in [3.05, 3.63) is 57.5 Å². The summed E-state index contributed by atoms with van der Waals surface area (Å²) in [6.45, 7) is 1.75. The molecule has 3 rings (SSSR count). The number of fused-ring (bicyclic) bond motifs is 1. The van der Waals surface area contributed by atoms with Crippen LogP contribution in [0.4, 0.5) is 5.95 Å². The molecule has 0 spiro atoms. The molecule has 6 N–H and O–H groups in total. The molecule has 1 aromatic carbocycles. The molecule has 0 unspecified atom stereocenters. The number of benzene rings is 1. The highest BCUT2D eigenvalue weighted by Crippen LogP contribution is 2.16. The number of carbonyl (C=O) groups excluding carboxylic acids is 2. The van der Waals surface area contributed by atoms with Gasteiger partial charge in [0.25, 0.3) is 11.5 Å². The van der Waals surface area contributed by atoms with Crippen molar-refractivity contribution in [1.82, 2.24) is 20.3 Å². The average molecular weight is 455 g/mol. The van der Waals surface area contributed by atoms with Crippen LogP contribution in [0.3, 0.4) is 0 Å². The quantitative estimate of drug-likeness (QED) is 0.282. The summed E-state index contributed by atoms with van der Waals surface area (Å²) in [5.41, 5.74) is 7.75. The summed E-state index contributed by atoms with van der Waals surface area (Å²) in [7, 11) is 0. The van der Waals surface area contributed by atoms with Crippen LogP contribution >= 0.6 is 0 Å². The van der Waals surface area contributed by atoms with Crippen molar-refractivity contribution in [3.63, 3.8) is 0 Å². The Balaban J connectivity index is 1.64. The smallest absolute Gasteiger partial charge is 0.328 e. The molecule has 2 aromatic heterocycles. The number of H-pyrrole nitrogens is 2. The maximum absolute atomic E-state index is 12.6. The van der Waals surface area contributed by atoms with Gasteiger partial charge in [-0.3, -0.25) is 19.4 Å². The van der Waals surface area contributed by atoms with Crippen molar-refractivity contribution >= 4 is 34.8 Å². The van der Waals surface area contributed by atoms with E-state index in [4.69, 9.17) is 15.6 Å². The molecule has 0 fully saturated rings. The number of carbonyl (C=O) groups is 3. The molecule has 174 valence electrons. The molecular weight excluding hydrogens is 430 g/mol. The van der Waals surface area contributed by atoms with Crippen molar-refractivity contribution in [1.29, 1.82) is 0 Å². The largest absolute Gasteiger partial charge is 0.481 e. The van der Waals surface area contributed by atoms with Crippen LogP contribution < -0.4 is 16.6 Å². The first-order valence-corrected chi connectivity index (χ1v) is 10.4. The fourth-order valence-electron chi connectivity index (χ4n) is 3.42. The first kappa shape index (κ1) is 23.5. The standard InChI is InChI=1S/C22H25N5O6/c1-2-33-21(32)15(9-10-16(28)29)25-19(30)13-6-3-12(4-7-13)5-8-14-11-24-18-17(14)20(31)27-22(23)26-18/h3-4,6-7,11,15H,2,5,8-10H2,1H3,(H,25,30)(H,28,29)(H4,23,24,26,27,31)/t15-/m0/s1. The van der Waals surface area contributed by atoms with Gasteiger partial charge in [0.15, 0.2) is 0 Å². The third-order valence-electron chi connectivity index (χ3n) is 5.06. The van der Waals surface area contributed by atoms with E-state index >= 15 is 0 Å². The second-order valence-corrected chi connectivity index (χ2v) is 7.40. The van der Waals surface area contributed by atoms with Gasteiger partial charge in [0.2, 0.25) is 5.95 Å². The van der Waals surface area contributed by atoms with Crippen LogP contribution in [-0.2, 0) is 27.2 Å². The van der Waals surface area contributed by atoms with Gasteiger partial charge in [0, 0.05) is 18.2 Å². The maximum atomic E-state index is 12.6. The van der Waals surface area contributed by atoms with Crippen LogP contribution in [0, 0.1) is 0 Å². The third-order valence-corrected chi connectivity index (χ3v) is 5.06. The Morgan fingerprint density at radius 1 is 1.21 bits per heavy atom. The average Bonchev–Trinajstić information content (AvgIpc) is 3.18. The second kappa shape index (κ2) is 10.4. The molecule has 0 bridgehead atoms. The lowest BCUT2D eigenvalue weighted by atomic mass is 10.0. The van der Waals surface area contributed by atoms with Gasteiger partial charge in [0.1, 0.15) is 11.7 Å². The van der Waals surface area contributed by atoms with E-state index in [-0.39, 0.29) is 31.0 Å². The molecule has 33 heavy (non-hydrogen) atoms. The number of anilines is 1. The van der Waals surface area contributed by atoms with E-state index in [0.29, 0.717) is 29.4 Å². The predicted octanol–water partition coefficient (Wildman–Crippen LogP) is 1.14. The summed E-state index contributed by atoms with van der Waals surface area (Å²) in [6.07, 6.45) is 2.56. The molecule has 11 nitrogen and oxygen atoms in total. The lowest BCUT2D eigenvalue weighted by Gasteiger charge is -2.16. The summed E-state index contributed by atoms with van der Waals surface area (Å²) in [5, 5.41) is 11.9. The number of rotatable bonds is 10. The number of ether oxygens (including phenoxy) is 1. The Hall–Kier alpha value is -4.15. The SMILES string of the molecule is CCOC(=O)[C@H](CCC(=O)O)NC(=O)c1ccc(CCc2c[nH]c3nc(N)[nH]c(=O)c23)cc1. The zero-order valence-electron chi connectivity index (χ0n) is 18.0. The minimum absolute atomic E-state index is 0.0444. The molecule has 0 aliphatic carbocycles. The summed E-state index contributed by atoms with van der Waals surface area (Å²) < 4.78 is 4.92. The topological polar surface area (TPSA) is 180 Å². The molecule has 0 radical (unpaired) electrons. The fraction of sp³-hybridized carbons (Fsp3) is 0.318. The molecule has 11 heteroatoms. The zero-order chi connectivity index (χ0) is 24.0. The summed E-state index contributed by atoms with van der Waals surface area (Å²) >= 11 is 0. The molecule has 0 saturated carbocycles. The molecule has 1 amide bonds. The lowest BCUT2D eigenvalue weighted by Crippen LogP contribution is -2.42. The molecule has 2 heterocycles. The first-order chi connectivity index (χ1) is 15.8. The second-order valence-electron chi connectivity index (χ2n) is 7.40. The van der Waals surface area contributed by atoms with Gasteiger partial charge in [-0.2, -0.15) is 4.98 Å². The Morgan fingerprint density at radius 2 is 1.94 bits per heavy atom. The van der Waals surface area contributed by atoms with Crippen molar-refractivity contribution in [3.8, 4) is 0 Å². The number of nitrogens with zero attached hydrogens (tertiary/aromatic N) is 1. The van der Waals surface area contributed by atoms with Gasteiger partial charge in [-0.15, -0.1) is 0 Å². The van der Waals surface area contributed by atoms with E-state index in [1.54, 1.807) is 37.4 Å². The maximum Gasteiger partial charge on any atom is 0.328 e. The van der Waals surface area contributed by atoms with Crippen LogP contribution in [0.5, 0.6) is 0 Å². The summed E-state index contributed by atoms with van der Waals surface area (Å²) in [5.74, 6) is -2.20. The van der Waals surface area contributed by atoms with Crippen LogP contribution in [0.25, 0.3) is 11.0 Å². The molecule has 0 saturated heterocycles. The highest BCUT2D eigenvalue weighted by molar-refractivity contribution is 5.96. The van der Waals surface area contributed by atoms with Crippen LogP contribution in [-0.4, -0.2) is 50.6 Å². The molecule has 0 aliphatic heterocycles. The zero-order valence-corrected chi connectivity index (χ0v) is 18.0. The monoisotopic (exact) mass is 455 g/mol. The number of aliphatic carboxylic acids is 1. The van der Waals surface area contributed by atoms with E-state index in [9.17, 15) is 19.2 Å². The highest BCUT2D eigenvalue weighted by atomic mass is 16.5. The third kappa shape index (κ3) is 5.97. The van der Waals surface area contributed by atoms with Gasteiger partial charge in [-0.1, -0.05) is 12.1 Å². The number of nitrogens with one attached hydrogen (secondary N) is 3. The van der Waals surface area contributed by atoms with Crippen molar-refractivity contribution in [2.24, 2.45) is 0 Å². The number of carboxylic acid groups (broad SMARTS) is 1. The molecule has 1 atom stereocenters. The van der Waals surface area contributed by atoms with Gasteiger partial charge in [0.05, 0.1) is 12.0 Å². The normalized spacial score (nSPS) is 11.8. The Morgan fingerprint density at radius 3 is 2.61 bits per heavy atom. The number of nitrogen functional groups attached to an aromatic ring is 1. The minimum atomic E-state index is -1.07. The van der Waals surface area contributed by atoms with Gasteiger partial charge >= 0.3 is 11.9 Å². The Bertz CT molecular complexity index is 1210. The highest BCUT2D eigenvalue weighted by Gasteiger charge is 2.23. The number of amides is 1. The predicted molar refractivity (Wildman–Crippen MR) is 120 cm³/mol. The number of hydrogen-bond donors (Lipinski definition) is 5. The van der Waals surface area contributed by atoms with Gasteiger partial charge in [-0.25, -0.2) is 4.79 Å².